The summed E-state index contributed by atoms with van der Waals surface area (Å²) in [5.74, 6) is 0.630. The third-order valence-corrected chi connectivity index (χ3v) is 2.57. The predicted molar refractivity (Wildman–Crippen MR) is 60.5 cm³/mol. The first-order chi connectivity index (χ1) is 8.15. The Morgan fingerprint density at radius 3 is 2.94 bits per heavy atom. The smallest absolute Gasteiger partial charge is 0.287 e. The van der Waals surface area contributed by atoms with E-state index in [0.717, 1.165) is 6.42 Å². The van der Waals surface area contributed by atoms with Gasteiger partial charge in [-0.2, -0.15) is 0 Å². The van der Waals surface area contributed by atoms with Gasteiger partial charge in [-0.1, -0.05) is 0 Å². The molecule has 1 aliphatic heterocycles. The standard InChI is InChI=1S/C10H12N4O3/c15-10-4-1-7(13-10)5-11-9-3-2-8(6-12-9)14(16)17/h2-3,6-7H,1,4-5H2,(H,11,12)(H,13,15). The van der Waals surface area contributed by atoms with Gasteiger partial charge >= 0.3 is 0 Å². The summed E-state index contributed by atoms with van der Waals surface area (Å²) >= 11 is 0. The highest BCUT2D eigenvalue weighted by molar-refractivity contribution is 5.78. The number of nitrogens with one attached hydrogen (secondary N) is 2. The summed E-state index contributed by atoms with van der Waals surface area (Å²) in [6.45, 7) is 0.580. The fourth-order valence-electron chi connectivity index (χ4n) is 1.66. The number of amides is 1. The van der Waals surface area contributed by atoms with Crippen molar-refractivity contribution in [2.75, 3.05) is 11.9 Å². The molecule has 2 rings (SSSR count). The highest BCUT2D eigenvalue weighted by Crippen LogP contribution is 2.12. The summed E-state index contributed by atoms with van der Waals surface area (Å²) in [4.78, 5) is 24.8. The second kappa shape index (κ2) is 4.77. The van der Waals surface area contributed by atoms with E-state index in [1.54, 1.807) is 6.07 Å². The van der Waals surface area contributed by atoms with Crippen LogP contribution in [0.2, 0.25) is 0 Å². The molecule has 7 heteroatoms. The highest BCUT2D eigenvalue weighted by Gasteiger charge is 2.20. The highest BCUT2D eigenvalue weighted by atomic mass is 16.6. The predicted octanol–water partition coefficient (Wildman–Crippen LogP) is 0.680. The lowest BCUT2D eigenvalue weighted by molar-refractivity contribution is -0.385. The van der Waals surface area contributed by atoms with Crippen molar-refractivity contribution in [3.63, 3.8) is 0 Å². The number of nitro groups is 1. The van der Waals surface area contributed by atoms with Crippen LogP contribution in [-0.2, 0) is 4.79 Å². The van der Waals surface area contributed by atoms with E-state index in [4.69, 9.17) is 0 Å². The Kier molecular flexibility index (Phi) is 3.17. The molecule has 2 N–H and O–H groups in total. The van der Waals surface area contributed by atoms with Crippen LogP contribution in [0.3, 0.4) is 0 Å². The number of hydrogen-bond acceptors (Lipinski definition) is 5. The second-order valence-electron chi connectivity index (χ2n) is 3.84. The monoisotopic (exact) mass is 236 g/mol. The summed E-state index contributed by atoms with van der Waals surface area (Å²) in [6.07, 6.45) is 2.56. The van der Waals surface area contributed by atoms with Gasteiger partial charge in [0.05, 0.1) is 4.92 Å². The summed E-state index contributed by atoms with van der Waals surface area (Å²) < 4.78 is 0. The van der Waals surface area contributed by atoms with Crippen molar-refractivity contribution in [1.82, 2.24) is 10.3 Å². The average molecular weight is 236 g/mol. The Morgan fingerprint density at radius 1 is 1.59 bits per heavy atom. The zero-order valence-electron chi connectivity index (χ0n) is 9.05. The molecule has 7 nitrogen and oxygen atoms in total. The van der Waals surface area contributed by atoms with Gasteiger partial charge in [-0.05, 0) is 12.5 Å². The van der Waals surface area contributed by atoms with Gasteiger partial charge in [-0.25, -0.2) is 4.98 Å². The van der Waals surface area contributed by atoms with E-state index in [1.807, 2.05) is 0 Å². The van der Waals surface area contributed by atoms with E-state index in [1.165, 1.54) is 12.3 Å². The van der Waals surface area contributed by atoms with Gasteiger partial charge in [0.1, 0.15) is 12.0 Å². The minimum atomic E-state index is -0.492. The van der Waals surface area contributed by atoms with Gasteiger partial charge < -0.3 is 10.6 Å². The molecule has 0 spiro atoms. The number of aromatic nitrogens is 1. The van der Waals surface area contributed by atoms with Gasteiger partial charge in [0.2, 0.25) is 5.91 Å². The summed E-state index contributed by atoms with van der Waals surface area (Å²) in [5, 5.41) is 16.3. The van der Waals surface area contributed by atoms with Crippen molar-refractivity contribution in [2.45, 2.75) is 18.9 Å². The second-order valence-corrected chi connectivity index (χ2v) is 3.84. The quantitative estimate of drug-likeness (QED) is 0.591. The maximum atomic E-state index is 11.0. The number of rotatable bonds is 4. The first kappa shape index (κ1) is 11.3. The zero-order chi connectivity index (χ0) is 12.3. The Bertz CT molecular complexity index is 432. The molecule has 1 amide bonds. The number of nitrogens with zero attached hydrogens (tertiary/aromatic N) is 2. The van der Waals surface area contributed by atoms with E-state index in [0.29, 0.717) is 18.8 Å². The zero-order valence-corrected chi connectivity index (χ0v) is 9.05. The molecule has 1 atom stereocenters. The fourth-order valence-corrected chi connectivity index (χ4v) is 1.66. The SMILES string of the molecule is O=C1CCC(CNc2ccc([N+](=O)[O-])cn2)N1. The van der Waals surface area contributed by atoms with Gasteiger partial charge in [0.15, 0.2) is 0 Å². The Morgan fingerprint density at radius 2 is 2.41 bits per heavy atom. The molecule has 1 fully saturated rings. The molecule has 90 valence electrons. The fraction of sp³-hybridized carbons (Fsp3) is 0.400. The van der Waals surface area contributed by atoms with E-state index in [2.05, 4.69) is 15.6 Å². The van der Waals surface area contributed by atoms with Crippen LogP contribution in [0.25, 0.3) is 0 Å². The summed E-state index contributed by atoms with van der Waals surface area (Å²) in [5.41, 5.74) is -0.0373. The molecule has 1 saturated heterocycles. The summed E-state index contributed by atoms with van der Waals surface area (Å²) in [6, 6.07) is 3.05. The van der Waals surface area contributed by atoms with Crippen molar-refractivity contribution < 1.29 is 9.72 Å². The van der Waals surface area contributed by atoms with Crippen LogP contribution in [0.15, 0.2) is 18.3 Å². The normalized spacial score (nSPS) is 18.8. The van der Waals surface area contributed by atoms with Gasteiger partial charge in [-0.15, -0.1) is 0 Å². The number of carbonyl (C=O) groups is 1. The molecule has 17 heavy (non-hydrogen) atoms. The number of carbonyl (C=O) groups excluding carboxylic acids is 1. The van der Waals surface area contributed by atoms with Crippen molar-refractivity contribution in [1.29, 1.82) is 0 Å². The van der Waals surface area contributed by atoms with Crippen LogP contribution in [0.5, 0.6) is 0 Å². The Balaban J connectivity index is 1.87. The van der Waals surface area contributed by atoms with Crippen LogP contribution in [0.1, 0.15) is 12.8 Å². The minimum Gasteiger partial charge on any atom is -0.368 e. The largest absolute Gasteiger partial charge is 0.368 e. The molecule has 0 saturated carbocycles. The third kappa shape index (κ3) is 2.90. The maximum Gasteiger partial charge on any atom is 0.287 e. The van der Waals surface area contributed by atoms with Gasteiger partial charge in [0, 0.05) is 25.1 Å². The number of hydrogen-bond donors (Lipinski definition) is 2. The molecule has 1 aromatic heterocycles. The molecular weight excluding hydrogens is 224 g/mol. The molecule has 1 aliphatic rings. The van der Waals surface area contributed by atoms with Crippen LogP contribution >= 0.6 is 0 Å². The van der Waals surface area contributed by atoms with Crippen molar-refractivity contribution >= 4 is 17.4 Å². The van der Waals surface area contributed by atoms with Crippen molar-refractivity contribution in [3.05, 3.63) is 28.4 Å². The van der Waals surface area contributed by atoms with E-state index < -0.39 is 4.92 Å². The number of anilines is 1. The van der Waals surface area contributed by atoms with Gasteiger partial charge in [0.25, 0.3) is 5.69 Å². The van der Waals surface area contributed by atoms with E-state index in [9.17, 15) is 14.9 Å². The molecule has 1 unspecified atom stereocenters. The van der Waals surface area contributed by atoms with Crippen LogP contribution < -0.4 is 10.6 Å². The average Bonchev–Trinajstić information content (AvgIpc) is 2.73. The Labute approximate surface area is 97.4 Å². The van der Waals surface area contributed by atoms with Gasteiger partial charge in [-0.3, -0.25) is 14.9 Å². The van der Waals surface area contributed by atoms with Crippen LogP contribution in [-0.4, -0.2) is 28.4 Å². The van der Waals surface area contributed by atoms with Crippen molar-refractivity contribution in [2.24, 2.45) is 0 Å². The van der Waals surface area contributed by atoms with Crippen LogP contribution in [0, 0.1) is 10.1 Å². The van der Waals surface area contributed by atoms with Crippen LogP contribution in [0.4, 0.5) is 11.5 Å². The third-order valence-electron chi connectivity index (χ3n) is 2.57. The van der Waals surface area contributed by atoms with E-state index >= 15 is 0 Å². The summed E-state index contributed by atoms with van der Waals surface area (Å²) in [7, 11) is 0. The lowest BCUT2D eigenvalue weighted by Crippen LogP contribution is -2.31. The molecule has 1 aromatic rings. The lowest BCUT2D eigenvalue weighted by atomic mass is 10.2. The molecular formula is C10H12N4O3. The topological polar surface area (TPSA) is 97.2 Å². The molecule has 0 radical (unpaired) electrons. The maximum absolute atomic E-state index is 11.0. The molecule has 0 aliphatic carbocycles. The minimum absolute atomic E-state index is 0.0373. The molecule has 0 aromatic carbocycles. The lowest BCUT2D eigenvalue weighted by Gasteiger charge is -2.11. The molecule has 0 bridgehead atoms. The molecule has 2 heterocycles. The first-order valence-electron chi connectivity index (χ1n) is 5.29. The number of pyridine rings is 1. The van der Waals surface area contributed by atoms with E-state index in [-0.39, 0.29) is 17.6 Å². The first-order valence-corrected chi connectivity index (χ1v) is 5.29. The Hall–Kier alpha value is -2.18. The van der Waals surface area contributed by atoms with Crippen molar-refractivity contribution in [3.8, 4) is 0 Å².